The minimum atomic E-state index is -0.487. The molecule has 1 aliphatic heterocycles. The van der Waals surface area contributed by atoms with Gasteiger partial charge in [-0.15, -0.1) is 0 Å². The summed E-state index contributed by atoms with van der Waals surface area (Å²) in [6.07, 6.45) is 8.95. The number of carbonyl (C=O) groups is 2. The van der Waals surface area contributed by atoms with E-state index in [9.17, 15) is 14.0 Å². The van der Waals surface area contributed by atoms with Gasteiger partial charge in [-0.3, -0.25) is 14.7 Å². The van der Waals surface area contributed by atoms with E-state index in [1.54, 1.807) is 23.2 Å². The molecule has 0 radical (unpaired) electrons. The third-order valence-corrected chi connectivity index (χ3v) is 6.71. The van der Waals surface area contributed by atoms with Crippen molar-refractivity contribution in [3.63, 3.8) is 0 Å². The van der Waals surface area contributed by atoms with Gasteiger partial charge in [0.2, 0.25) is 0 Å². The molecule has 0 bridgehead atoms. The van der Waals surface area contributed by atoms with Gasteiger partial charge < -0.3 is 14.5 Å². The number of rotatable bonds is 6. The Hall–Kier alpha value is -2.90. The summed E-state index contributed by atoms with van der Waals surface area (Å²) in [5.41, 5.74) is 1.39. The highest BCUT2D eigenvalue weighted by atomic mass is 19.1. The average Bonchev–Trinajstić information content (AvgIpc) is 3.33. The molecule has 4 rings (SSSR count). The fourth-order valence-electron chi connectivity index (χ4n) is 4.83. The Bertz CT molecular complexity index is 941. The molecule has 1 atom stereocenters. The standard InChI is InChI=1S/C24H31FN4O3/c1-28(18-9-3-2-4-10-18)24(31)19-14-26-27-23(19)17-8-7-13-29(15-17)22(30)16-32-21-12-6-5-11-20(21)25/h5-6,11-12,14,17-18H,2-4,7-10,13,15-16H2,1H3,(H,26,27). The lowest BCUT2D eigenvalue weighted by Crippen LogP contribution is -2.42. The average molecular weight is 443 g/mol. The molecule has 1 aliphatic carbocycles. The molecular weight excluding hydrogens is 411 g/mol. The molecule has 2 aromatic rings. The first-order chi connectivity index (χ1) is 15.5. The Morgan fingerprint density at radius 3 is 2.75 bits per heavy atom. The summed E-state index contributed by atoms with van der Waals surface area (Å²) in [4.78, 5) is 29.5. The van der Waals surface area contributed by atoms with E-state index in [1.807, 2.05) is 11.9 Å². The number of H-pyrrole nitrogens is 1. The highest BCUT2D eigenvalue weighted by molar-refractivity contribution is 5.95. The normalized spacial score (nSPS) is 19.6. The molecule has 172 valence electrons. The molecule has 1 aromatic heterocycles. The van der Waals surface area contributed by atoms with Crippen LogP contribution in [0.25, 0.3) is 0 Å². The number of carbonyl (C=O) groups excluding carboxylic acids is 2. The summed E-state index contributed by atoms with van der Waals surface area (Å²) in [7, 11) is 1.88. The topological polar surface area (TPSA) is 78.5 Å². The lowest BCUT2D eigenvalue weighted by atomic mass is 9.91. The zero-order chi connectivity index (χ0) is 22.5. The van der Waals surface area contributed by atoms with Crippen molar-refractivity contribution >= 4 is 11.8 Å². The zero-order valence-electron chi connectivity index (χ0n) is 18.6. The number of piperidine rings is 1. The Morgan fingerprint density at radius 2 is 1.97 bits per heavy atom. The molecular formula is C24H31FN4O3. The maximum Gasteiger partial charge on any atom is 0.260 e. The molecule has 1 saturated heterocycles. The van der Waals surface area contributed by atoms with Crippen molar-refractivity contribution in [1.29, 1.82) is 0 Å². The third kappa shape index (κ3) is 4.95. The number of nitrogens with one attached hydrogen (secondary N) is 1. The van der Waals surface area contributed by atoms with Gasteiger partial charge in [0.05, 0.1) is 17.5 Å². The Morgan fingerprint density at radius 1 is 1.19 bits per heavy atom. The molecule has 2 heterocycles. The first kappa shape index (κ1) is 22.3. The largest absolute Gasteiger partial charge is 0.481 e. The van der Waals surface area contributed by atoms with Crippen LogP contribution >= 0.6 is 0 Å². The van der Waals surface area contributed by atoms with Crippen molar-refractivity contribution in [1.82, 2.24) is 20.0 Å². The van der Waals surface area contributed by atoms with Crippen LogP contribution in [0.2, 0.25) is 0 Å². The Labute approximate surface area is 187 Å². The van der Waals surface area contributed by atoms with E-state index in [0.29, 0.717) is 18.7 Å². The number of nitrogens with zero attached hydrogens (tertiary/aromatic N) is 3. The summed E-state index contributed by atoms with van der Waals surface area (Å²) >= 11 is 0. The SMILES string of the molecule is CN(C(=O)c1cn[nH]c1C1CCCN(C(=O)COc2ccccc2F)C1)C1CCCCC1. The smallest absolute Gasteiger partial charge is 0.260 e. The van der Waals surface area contributed by atoms with Crippen LogP contribution in [0, 0.1) is 5.82 Å². The van der Waals surface area contributed by atoms with Gasteiger partial charge in [0.25, 0.3) is 11.8 Å². The lowest BCUT2D eigenvalue weighted by molar-refractivity contribution is -0.134. The predicted molar refractivity (Wildman–Crippen MR) is 118 cm³/mol. The van der Waals surface area contributed by atoms with E-state index < -0.39 is 5.82 Å². The van der Waals surface area contributed by atoms with Gasteiger partial charge in [-0.05, 0) is 37.8 Å². The molecule has 32 heavy (non-hydrogen) atoms. The van der Waals surface area contributed by atoms with Crippen molar-refractivity contribution in [2.24, 2.45) is 0 Å². The van der Waals surface area contributed by atoms with E-state index in [4.69, 9.17) is 4.74 Å². The highest BCUT2D eigenvalue weighted by Gasteiger charge is 2.31. The van der Waals surface area contributed by atoms with Crippen molar-refractivity contribution in [3.8, 4) is 5.75 Å². The third-order valence-electron chi connectivity index (χ3n) is 6.71. The van der Waals surface area contributed by atoms with Gasteiger partial charge in [0.15, 0.2) is 18.2 Å². The van der Waals surface area contributed by atoms with E-state index in [-0.39, 0.29) is 36.1 Å². The summed E-state index contributed by atoms with van der Waals surface area (Å²) in [5, 5.41) is 7.18. The molecule has 1 saturated carbocycles. The van der Waals surface area contributed by atoms with Crippen molar-refractivity contribution in [2.45, 2.75) is 56.9 Å². The number of amides is 2. The van der Waals surface area contributed by atoms with Crippen molar-refractivity contribution in [3.05, 3.63) is 47.5 Å². The van der Waals surface area contributed by atoms with Crippen LogP contribution in [0.1, 0.15) is 66.9 Å². The number of hydrogen-bond acceptors (Lipinski definition) is 4. The van der Waals surface area contributed by atoms with Crippen LogP contribution in [0.5, 0.6) is 5.75 Å². The number of aromatic nitrogens is 2. The van der Waals surface area contributed by atoms with Gasteiger partial charge in [-0.2, -0.15) is 5.10 Å². The second-order valence-electron chi connectivity index (χ2n) is 8.80. The quantitative estimate of drug-likeness (QED) is 0.739. The number of ether oxygens (including phenoxy) is 1. The van der Waals surface area contributed by atoms with Crippen LogP contribution in [-0.4, -0.2) is 64.6 Å². The monoisotopic (exact) mass is 442 g/mol. The fourth-order valence-corrected chi connectivity index (χ4v) is 4.83. The van der Waals surface area contributed by atoms with Crippen molar-refractivity contribution in [2.75, 3.05) is 26.7 Å². The Kier molecular flexibility index (Phi) is 7.07. The summed E-state index contributed by atoms with van der Waals surface area (Å²) in [6.45, 7) is 0.886. The van der Waals surface area contributed by atoms with Gasteiger partial charge in [0.1, 0.15) is 0 Å². The van der Waals surface area contributed by atoms with Crippen LogP contribution in [0.15, 0.2) is 30.5 Å². The number of aromatic amines is 1. The number of benzene rings is 1. The molecule has 0 spiro atoms. The second-order valence-corrected chi connectivity index (χ2v) is 8.80. The van der Waals surface area contributed by atoms with E-state index in [2.05, 4.69) is 10.2 Å². The maximum atomic E-state index is 13.8. The first-order valence-electron chi connectivity index (χ1n) is 11.5. The number of hydrogen-bond donors (Lipinski definition) is 1. The van der Waals surface area contributed by atoms with Crippen LogP contribution in [-0.2, 0) is 4.79 Å². The molecule has 8 heteroatoms. The van der Waals surface area contributed by atoms with Crippen LogP contribution in [0.4, 0.5) is 4.39 Å². The maximum absolute atomic E-state index is 13.8. The number of para-hydroxylation sites is 1. The van der Waals surface area contributed by atoms with E-state index >= 15 is 0 Å². The first-order valence-corrected chi connectivity index (χ1v) is 11.5. The van der Waals surface area contributed by atoms with Crippen LogP contribution in [0.3, 0.4) is 0 Å². The highest BCUT2D eigenvalue weighted by Crippen LogP contribution is 2.30. The summed E-state index contributed by atoms with van der Waals surface area (Å²) in [6, 6.07) is 6.33. The molecule has 2 amide bonds. The zero-order valence-corrected chi connectivity index (χ0v) is 18.6. The van der Waals surface area contributed by atoms with Gasteiger partial charge in [-0.25, -0.2) is 4.39 Å². The summed E-state index contributed by atoms with van der Waals surface area (Å²) < 4.78 is 19.1. The van der Waals surface area contributed by atoms with Crippen molar-refractivity contribution < 1.29 is 18.7 Å². The van der Waals surface area contributed by atoms with E-state index in [0.717, 1.165) is 44.2 Å². The second kappa shape index (κ2) is 10.1. The van der Waals surface area contributed by atoms with Gasteiger partial charge >= 0.3 is 0 Å². The number of halogens is 1. The molecule has 1 N–H and O–H groups in total. The number of likely N-dealkylation sites (tertiary alicyclic amines) is 1. The van der Waals surface area contributed by atoms with E-state index in [1.165, 1.54) is 18.6 Å². The molecule has 7 nitrogen and oxygen atoms in total. The van der Waals surface area contributed by atoms with Gasteiger partial charge in [-0.1, -0.05) is 31.4 Å². The van der Waals surface area contributed by atoms with Crippen LogP contribution < -0.4 is 4.74 Å². The lowest BCUT2D eigenvalue weighted by Gasteiger charge is -2.34. The molecule has 1 unspecified atom stereocenters. The minimum Gasteiger partial charge on any atom is -0.481 e. The minimum absolute atomic E-state index is 0.00219. The molecule has 2 aliphatic rings. The van der Waals surface area contributed by atoms with Gasteiger partial charge in [0, 0.05) is 32.1 Å². The Balaban J connectivity index is 1.39. The molecule has 1 aromatic carbocycles. The fraction of sp³-hybridized carbons (Fsp3) is 0.542. The molecule has 2 fully saturated rings. The predicted octanol–water partition coefficient (Wildman–Crippen LogP) is 3.74. The summed E-state index contributed by atoms with van der Waals surface area (Å²) in [5.74, 6) is -0.611.